The number of carbonyl (C=O) groups excluding carboxylic acids is 5. The van der Waals surface area contributed by atoms with Crippen molar-refractivity contribution in [2.45, 2.75) is 6.42 Å². The summed E-state index contributed by atoms with van der Waals surface area (Å²) in [5.41, 5.74) is 0.205. The average molecular weight is 885 g/mol. The molecular formula is C56H28N4O8. The minimum absolute atomic E-state index is 0.00179. The molecule has 2 aliphatic carbocycles. The van der Waals surface area contributed by atoms with Crippen LogP contribution < -0.4 is 26.9 Å². The van der Waals surface area contributed by atoms with Crippen LogP contribution in [0, 0.1) is 0 Å². The fourth-order valence-electron chi connectivity index (χ4n) is 10.4. The predicted molar refractivity (Wildman–Crippen MR) is 262 cm³/mol. The second-order valence-corrected chi connectivity index (χ2v) is 17.1. The highest BCUT2D eigenvalue weighted by Crippen LogP contribution is 2.49. The molecule has 0 atom stereocenters. The van der Waals surface area contributed by atoms with Crippen LogP contribution in [0.1, 0.15) is 63.9 Å². The number of carbonyl (C=O) groups is 5. The van der Waals surface area contributed by atoms with E-state index < -0.39 is 46.4 Å². The largest absolute Gasteiger partial charge is 0.353 e. The van der Waals surface area contributed by atoms with Gasteiger partial charge >= 0.3 is 0 Å². The Labute approximate surface area is 380 Å². The Bertz CT molecular complexity index is 4450. The third-order valence-electron chi connectivity index (χ3n) is 13.4. The number of ketones is 3. The second kappa shape index (κ2) is 14.0. The molecule has 0 spiro atoms. The molecule has 2 aromatic heterocycles. The molecule has 2 heterocycles. The van der Waals surface area contributed by atoms with Gasteiger partial charge in [0, 0.05) is 61.2 Å². The van der Waals surface area contributed by atoms with Gasteiger partial charge in [0.15, 0.2) is 33.6 Å². The van der Waals surface area contributed by atoms with Crippen molar-refractivity contribution in [3.8, 4) is 0 Å². The van der Waals surface area contributed by atoms with Crippen molar-refractivity contribution in [3.63, 3.8) is 0 Å². The summed E-state index contributed by atoms with van der Waals surface area (Å²) in [4.78, 5) is 123. The summed E-state index contributed by atoms with van der Waals surface area (Å²) in [6.07, 6.45) is -0.432. The van der Waals surface area contributed by atoms with Gasteiger partial charge in [0.05, 0.1) is 60.9 Å². The Balaban J connectivity index is 1.22. The number of benzene rings is 9. The molecule has 0 bridgehead atoms. The van der Waals surface area contributed by atoms with E-state index in [9.17, 15) is 28.8 Å². The van der Waals surface area contributed by atoms with Crippen LogP contribution in [0.3, 0.4) is 0 Å². The molecule has 11 aromatic rings. The molecule has 0 saturated carbocycles. The summed E-state index contributed by atoms with van der Waals surface area (Å²) in [7, 11) is 0. The number of hydrogen-bond acceptors (Lipinski definition) is 9. The number of H-pyrrole nitrogens is 1. The SMILES string of the molecule is O=C(Nc1cccc2c(=O)c3c4nc5c6cc7ccc(=O)cc7cc6cc(NC(=O)c6ccccc6)c5c4c4c5c([nH]c4c3c(=O)c12)C1=C(CC5=O)C(=O)c2ccccc2C1=O)c1ccccc1. The molecule has 3 N–H and O–H groups in total. The minimum Gasteiger partial charge on any atom is -0.353 e. The summed E-state index contributed by atoms with van der Waals surface area (Å²) in [5.74, 6) is -2.50. The maximum atomic E-state index is 15.5. The first-order valence-corrected chi connectivity index (χ1v) is 21.7. The first kappa shape index (κ1) is 38.9. The lowest BCUT2D eigenvalue weighted by Crippen LogP contribution is -2.27. The maximum absolute atomic E-state index is 15.5. The highest BCUT2D eigenvalue weighted by Gasteiger charge is 2.42. The van der Waals surface area contributed by atoms with Gasteiger partial charge in [0.1, 0.15) is 0 Å². The van der Waals surface area contributed by atoms with Crippen molar-refractivity contribution >= 4 is 122 Å². The van der Waals surface area contributed by atoms with E-state index >= 15 is 9.59 Å². The van der Waals surface area contributed by atoms with Crippen LogP contribution in [-0.2, 0) is 0 Å². The Morgan fingerprint density at radius 1 is 0.500 bits per heavy atom. The lowest BCUT2D eigenvalue weighted by molar-refractivity contribution is 0.0946. The van der Waals surface area contributed by atoms with E-state index in [1.807, 2.05) is 12.1 Å². The standard InChI is InChI=1S/C56H28N4O8/c61-30-19-18-27-22-34-29(20-28(27)21-30)23-37(58-56(68)26-12-5-2-6-13-26)41-43-44-42-38(62)24-35-40(52(64)32-15-8-7-14-31(32)51(35)63)48(42)60-50(44)46-45(49(43)59-47(34)41)53(65)33-16-9-17-36(39(33)54(46)66)57-55(67)25-10-3-1-4-11-25/h1-23,60H,24H2,(H,57,67)(H,58,68). The van der Waals surface area contributed by atoms with Crippen LogP contribution >= 0.6 is 0 Å². The summed E-state index contributed by atoms with van der Waals surface area (Å²) < 4.78 is 0. The summed E-state index contributed by atoms with van der Waals surface area (Å²) in [6, 6.07) is 37.9. The number of hydrogen-bond donors (Lipinski definition) is 3. The molecule has 68 heavy (non-hydrogen) atoms. The van der Waals surface area contributed by atoms with Crippen LogP contribution in [-0.4, -0.2) is 39.1 Å². The Morgan fingerprint density at radius 2 is 1.18 bits per heavy atom. The van der Waals surface area contributed by atoms with Gasteiger partial charge in [-0.15, -0.1) is 0 Å². The number of anilines is 2. The Kier molecular flexibility index (Phi) is 7.99. The van der Waals surface area contributed by atoms with Crippen LogP contribution in [0.25, 0.3) is 81.4 Å². The number of aromatic amines is 1. The van der Waals surface area contributed by atoms with Crippen molar-refractivity contribution in [2.24, 2.45) is 0 Å². The van der Waals surface area contributed by atoms with Crippen LogP contribution in [0.4, 0.5) is 11.4 Å². The van der Waals surface area contributed by atoms with Crippen LogP contribution in [0.15, 0.2) is 159 Å². The first-order valence-electron chi connectivity index (χ1n) is 21.7. The van der Waals surface area contributed by atoms with Gasteiger partial charge in [-0.3, -0.25) is 38.4 Å². The number of rotatable bonds is 4. The number of Topliss-reactive ketones (excluding diaryl/α,β-unsaturated/α-hetero) is 3. The number of nitrogens with one attached hydrogen (secondary N) is 3. The molecule has 0 fully saturated rings. The molecule has 12 nitrogen and oxygen atoms in total. The molecule has 9 aromatic carbocycles. The van der Waals surface area contributed by atoms with Gasteiger partial charge in [-0.2, -0.15) is 0 Å². The van der Waals surface area contributed by atoms with Gasteiger partial charge in [0.25, 0.3) is 11.8 Å². The van der Waals surface area contributed by atoms with E-state index in [0.29, 0.717) is 43.6 Å². The highest BCUT2D eigenvalue weighted by molar-refractivity contribution is 6.46. The molecular weight excluding hydrogens is 857 g/mol. The second-order valence-electron chi connectivity index (χ2n) is 17.1. The van der Waals surface area contributed by atoms with Crippen molar-refractivity contribution in [1.82, 2.24) is 9.97 Å². The van der Waals surface area contributed by atoms with Crippen molar-refractivity contribution in [2.75, 3.05) is 10.6 Å². The molecule has 0 radical (unpaired) electrons. The smallest absolute Gasteiger partial charge is 0.255 e. The average Bonchev–Trinajstić information content (AvgIpc) is 3.95. The zero-order chi connectivity index (χ0) is 46.3. The summed E-state index contributed by atoms with van der Waals surface area (Å²) in [5, 5.41) is 8.79. The maximum Gasteiger partial charge on any atom is 0.255 e. The lowest BCUT2D eigenvalue weighted by Gasteiger charge is -2.24. The third kappa shape index (κ3) is 5.33. The molecule has 13 rings (SSSR count). The molecule has 0 unspecified atom stereocenters. The number of fused-ring (bicyclic) bond motifs is 16. The van der Waals surface area contributed by atoms with E-state index in [1.54, 1.807) is 103 Å². The summed E-state index contributed by atoms with van der Waals surface area (Å²) >= 11 is 0. The molecule has 0 aliphatic heterocycles. The van der Waals surface area contributed by atoms with Gasteiger partial charge < -0.3 is 15.6 Å². The number of allylic oxidation sites excluding steroid dienone is 2. The number of aromatic nitrogens is 2. The molecule has 2 aliphatic rings. The van der Waals surface area contributed by atoms with E-state index in [-0.39, 0.29) is 93.7 Å². The minimum atomic E-state index is -0.670. The van der Waals surface area contributed by atoms with Gasteiger partial charge in [-0.25, -0.2) is 4.98 Å². The topological polar surface area (TPSA) is 189 Å². The van der Waals surface area contributed by atoms with E-state index in [0.717, 1.165) is 0 Å². The van der Waals surface area contributed by atoms with Crippen molar-refractivity contribution in [3.05, 3.63) is 209 Å². The van der Waals surface area contributed by atoms with Gasteiger partial charge in [-0.05, 0) is 76.8 Å². The van der Waals surface area contributed by atoms with Crippen LogP contribution in [0.5, 0.6) is 0 Å². The lowest BCUT2D eigenvalue weighted by atomic mass is 9.76. The normalized spacial score (nSPS) is 13.6. The monoisotopic (exact) mass is 884 g/mol. The Morgan fingerprint density at radius 3 is 1.90 bits per heavy atom. The highest BCUT2D eigenvalue weighted by atomic mass is 16.2. The number of amides is 2. The first-order chi connectivity index (χ1) is 33.0. The van der Waals surface area contributed by atoms with Gasteiger partial charge in [0.2, 0.25) is 0 Å². The van der Waals surface area contributed by atoms with Crippen molar-refractivity contribution in [1.29, 1.82) is 0 Å². The zero-order valence-electron chi connectivity index (χ0n) is 35.2. The molecule has 320 valence electrons. The molecule has 0 saturated heterocycles. The third-order valence-corrected chi connectivity index (χ3v) is 13.4. The molecule has 2 amide bonds. The van der Waals surface area contributed by atoms with Gasteiger partial charge in [-0.1, -0.05) is 78.9 Å². The van der Waals surface area contributed by atoms with Crippen molar-refractivity contribution < 1.29 is 24.0 Å². The van der Waals surface area contributed by atoms with Crippen LogP contribution in [0.2, 0.25) is 0 Å². The quantitative estimate of drug-likeness (QED) is 0.145. The van der Waals surface area contributed by atoms with E-state index in [2.05, 4.69) is 15.6 Å². The molecule has 12 heteroatoms. The zero-order valence-corrected chi connectivity index (χ0v) is 35.2. The predicted octanol–water partition coefficient (Wildman–Crippen LogP) is 9.36. The Hall–Kier alpha value is -9.55. The fourth-order valence-corrected chi connectivity index (χ4v) is 10.4. The van der Waals surface area contributed by atoms with E-state index in [4.69, 9.17) is 4.98 Å². The summed E-state index contributed by atoms with van der Waals surface area (Å²) in [6.45, 7) is 0. The fraction of sp³-hybridized carbons (Fsp3) is 0.0179. The number of nitrogens with zero attached hydrogens (tertiary/aromatic N) is 1. The van der Waals surface area contributed by atoms with E-state index in [1.165, 1.54) is 24.3 Å².